The van der Waals surface area contributed by atoms with Gasteiger partial charge in [0.1, 0.15) is 5.82 Å². The van der Waals surface area contributed by atoms with E-state index in [2.05, 4.69) is 14.7 Å². The summed E-state index contributed by atoms with van der Waals surface area (Å²) in [5, 5.41) is 8.47. The molecule has 1 N–H and O–H groups in total. The Bertz CT molecular complexity index is 605. The monoisotopic (exact) mass is 294 g/mol. The maximum Gasteiger partial charge on any atom is 0.212 e. The van der Waals surface area contributed by atoms with Gasteiger partial charge in [-0.25, -0.2) is 23.1 Å². The van der Waals surface area contributed by atoms with E-state index in [-0.39, 0.29) is 24.1 Å². The van der Waals surface area contributed by atoms with Crippen molar-refractivity contribution >= 4 is 10.0 Å². The lowest BCUT2D eigenvalue weighted by molar-refractivity contribution is 0.509. The molecule has 1 heterocycles. The second-order valence-corrected chi connectivity index (χ2v) is 6.94. The minimum atomic E-state index is -3.40. The number of rotatable bonds is 7. The molecule has 108 valence electrons. The standard InChI is InChI=1S/C13H18N4O2S/c1-10-6-8-15-13(16-10)12(11-4-5-11)17-20(18,19)9-3-2-7-14/h6,8,11-12,17H,2-5,9H2,1H3/t12-/m1/s1. The Morgan fingerprint density at radius 1 is 1.55 bits per heavy atom. The highest BCUT2D eigenvalue weighted by atomic mass is 32.2. The lowest BCUT2D eigenvalue weighted by atomic mass is 10.2. The van der Waals surface area contributed by atoms with Crippen LogP contribution in [-0.2, 0) is 10.0 Å². The number of aryl methyl sites for hydroxylation is 1. The number of aromatic nitrogens is 2. The molecule has 0 saturated heterocycles. The number of unbranched alkanes of at least 4 members (excludes halogenated alkanes) is 1. The summed E-state index contributed by atoms with van der Waals surface area (Å²) < 4.78 is 26.8. The number of hydrogen-bond acceptors (Lipinski definition) is 5. The predicted octanol–water partition coefficient (Wildman–Crippen LogP) is 1.46. The van der Waals surface area contributed by atoms with Crippen LogP contribution >= 0.6 is 0 Å². The van der Waals surface area contributed by atoms with Gasteiger partial charge in [-0.3, -0.25) is 0 Å². The van der Waals surface area contributed by atoms with Crippen LogP contribution in [0.2, 0.25) is 0 Å². The largest absolute Gasteiger partial charge is 0.240 e. The van der Waals surface area contributed by atoms with Gasteiger partial charge in [0, 0.05) is 18.3 Å². The number of nitrogens with zero attached hydrogens (tertiary/aromatic N) is 3. The van der Waals surface area contributed by atoms with Crippen LogP contribution in [0, 0.1) is 24.2 Å². The number of nitrogens with one attached hydrogen (secondary N) is 1. The Labute approximate surface area is 119 Å². The summed E-state index contributed by atoms with van der Waals surface area (Å²) in [5.74, 6) is 0.786. The van der Waals surface area contributed by atoms with Crippen LogP contribution in [0.15, 0.2) is 12.3 Å². The zero-order chi connectivity index (χ0) is 14.6. The van der Waals surface area contributed by atoms with Crippen molar-refractivity contribution in [2.24, 2.45) is 5.92 Å². The zero-order valence-electron chi connectivity index (χ0n) is 11.4. The summed E-state index contributed by atoms with van der Waals surface area (Å²) in [6, 6.07) is 3.39. The first-order valence-corrected chi connectivity index (χ1v) is 8.33. The van der Waals surface area contributed by atoms with Crippen molar-refractivity contribution in [3.8, 4) is 6.07 Å². The van der Waals surface area contributed by atoms with Gasteiger partial charge in [-0.2, -0.15) is 5.26 Å². The highest BCUT2D eigenvalue weighted by molar-refractivity contribution is 7.89. The summed E-state index contributed by atoms with van der Waals surface area (Å²) in [5.41, 5.74) is 0.823. The molecule has 1 aromatic heterocycles. The highest BCUT2D eigenvalue weighted by Crippen LogP contribution is 2.40. The van der Waals surface area contributed by atoms with E-state index in [1.54, 1.807) is 12.3 Å². The molecule has 1 saturated carbocycles. The molecular formula is C13H18N4O2S. The van der Waals surface area contributed by atoms with Gasteiger partial charge in [0.25, 0.3) is 0 Å². The smallest absolute Gasteiger partial charge is 0.212 e. The SMILES string of the molecule is Cc1ccnc([C@H](NS(=O)(=O)CCCC#N)C2CC2)n1. The fourth-order valence-electron chi connectivity index (χ4n) is 2.00. The maximum absolute atomic E-state index is 12.0. The third kappa shape index (κ3) is 4.25. The number of sulfonamides is 1. The molecule has 1 atom stereocenters. The minimum absolute atomic E-state index is 0.0321. The third-order valence-corrected chi connectivity index (χ3v) is 4.63. The first-order valence-electron chi connectivity index (χ1n) is 6.68. The van der Waals surface area contributed by atoms with Crippen LogP contribution in [0.4, 0.5) is 0 Å². The topological polar surface area (TPSA) is 95.7 Å². The van der Waals surface area contributed by atoms with E-state index in [1.165, 1.54) is 0 Å². The molecule has 7 heteroatoms. The van der Waals surface area contributed by atoms with E-state index in [9.17, 15) is 8.42 Å². The molecule has 1 fully saturated rings. The fraction of sp³-hybridized carbons (Fsp3) is 0.615. The van der Waals surface area contributed by atoms with Gasteiger partial charge in [0.2, 0.25) is 10.0 Å². The van der Waals surface area contributed by atoms with Gasteiger partial charge >= 0.3 is 0 Å². The van der Waals surface area contributed by atoms with E-state index in [0.29, 0.717) is 12.2 Å². The molecule has 0 radical (unpaired) electrons. The Balaban J connectivity index is 2.09. The molecule has 1 aliphatic carbocycles. The van der Waals surface area contributed by atoms with Gasteiger partial charge < -0.3 is 0 Å². The van der Waals surface area contributed by atoms with Crippen molar-refractivity contribution in [2.75, 3.05) is 5.75 Å². The van der Waals surface area contributed by atoms with Gasteiger partial charge in [-0.05, 0) is 38.2 Å². The van der Waals surface area contributed by atoms with Crippen LogP contribution < -0.4 is 4.72 Å². The van der Waals surface area contributed by atoms with Crippen LogP contribution in [0.5, 0.6) is 0 Å². The summed E-state index contributed by atoms with van der Waals surface area (Å²) in [7, 11) is -3.40. The molecule has 20 heavy (non-hydrogen) atoms. The highest BCUT2D eigenvalue weighted by Gasteiger charge is 2.36. The number of nitriles is 1. The maximum atomic E-state index is 12.0. The van der Waals surface area contributed by atoms with Crippen molar-refractivity contribution in [3.05, 3.63) is 23.8 Å². The molecule has 0 aromatic carbocycles. The van der Waals surface area contributed by atoms with Crippen LogP contribution in [0.25, 0.3) is 0 Å². The normalized spacial score (nSPS) is 16.6. The molecular weight excluding hydrogens is 276 g/mol. The second kappa shape index (κ2) is 6.29. The van der Waals surface area contributed by atoms with Gasteiger partial charge in [0.05, 0.1) is 17.9 Å². The summed E-state index contributed by atoms with van der Waals surface area (Å²) >= 11 is 0. The van der Waals surface area contributed by atoms with Crippen molar-refractivity contribution < 1.29 is 8.42 Å². The zero-order valence-corrected chi connectivity index (χ0v) is 12.2. The average molecular weight is 294 g/mol. The molecule has 0 spiro atoms. The molecule has 1 aliphatic rings. The van der Waals surface area contributed by atoms with E-state index < -0.39 is 10.0 Å². The third-order valence-electron chi connectivity index (χ3n) is 3.19. The molecule has 6 nitrogen and oxygen atoms in total. The molecule has 0 unspecified atom stereocenters. The van der Waals surface area contributed by atoms with E-state index in [1.807, 2.05) is 13.0 Å². The lowest BCUT2D eigenvalue weighted by Crippen LogP contribution is -2.33. The Morgan fingerprint density at radius 3 is 2.90 bits per heavy atom. The molecule has 0 aliphatic heterocycles. The lowest BCUT2D eigenvalue weighted by Gasteiger charge is -2.17. The molecule has 1 aromatic rings. The summed E-state index contributed by atoms with van der Waals surface area (Å²) in [4.78, 5) is 8.52. The second-order valence-electron chi connectivity index (χ2n) is 5.07. The summed E-state index contributed by atoms with van der Waals surface area (Å²) in [6.07, 6.45) is 4.22. The van der Waals surface area contributed by atoms with Crippen LogP contribution in [-0.4, -0.2) is 24.1 Å². The van der Waals surface area contributed by atoms with E-state index in [0.717, 1.165) is 18.5 Å². The van der Waals surface area contributed by atoms with Crippen molar-refractivity contribution in [2.45, 2.75) is 38.6 Å². The van der Waals surface area contributed by atoms with Crippen molar-refractivity contribution in [1.82, 2.24) is 14.7 Å². The molecule has 0 amide bonds. The fourth-order valence-corrected chi connectivity index (χ4v) is 3.33. The molecule has 0 bridgehead atoms. The Morgan fingerprint density at radius 2 is 2.30 bits per heavy atom. The first kappa shape index (κ1) is 14.9. The van der Waals surface area contributed by atoms with Crippen molar-refractivity contribution in [3.63, 3.8) is 0 Å². The van der Waals surface area contributed by atoms with Crippen LogP contribution in [0.3, 0.4) is 0 Å². The number of hydrogen-bond donors (Lipinski definition) is 1. The Kier molecular flexibility index (Phi) is 4.68. The van der Waals surface area contributed by atoms with E-state index >= 15 is 0 Å². The summed E-state index contributed by atoms with van der Waals surface area (Å²) in [6.45, 7) is 1.86. The van der Waals surface area contributed by atoms with E-state index in [4.69, 9.17) is 5.26 Å². The van der Waals surface area contributed by atoms with Crippen LogP contribution in [0.1, 0.15) is 43.2 Å². The van der Waals surface area contributed by atoms with Crippen molar-refractivity contribution in [1.29, 1.82) is 5.26 Å². The van der Waals surface area contributed by atoms with Gasteiger partial charge in [0.15, 0.2) is 0 Å². The first-order chi connectivity index (χ1) is 9.52. The van der Waals surface area contributed by atoms with Gasteiger partial charge in [-0.15, -0.1) is 0 Å². The average Bonchev–Trinajstić information content (AvgIpc) is 3.20. The quantitative estimate of drug-likeness (QED) is 0.768. The minimum Gasteiger partial charge on any atom is -0.240 e. The Hall–Kier alpha value is -1.52. The molecule has 2 rings (SSSR count). The predicted molar refractivity (Wildman–Crippen MR) is 74.0 cm³/mol. The van der Waals surface area contributed by atoms with Gasteiger partial charge in [-0.1, -0.05) is 0 Å².